The van der Waals surface area contributed by atoms with Crippen molar-refractivity contribution in [2.24, 2.45) is 11.7 Å². The van der Waals surface area contributed by atoms with Crippen LogP contribution in [-0.2, 0) is 9.84 Å². The first-order chi connectivity index (χ1) is 7.52. The Morgan fingerprint density at radius 1 is 1.31 bits per heavy atom. The number of nitrogens with zero attached hydrogens (tertiary/aromatic N) is 1. The van der Waals surface area contributed by atoms with E-state index in [0.717, 1.165) is 45.3 Å². The summed E-state index contributed by atoms with van der Waals surface area (Å²) < 4.78 is 23.4. The molecule has 1 saturated heterocycles. The second kappa shape index (κ2) is 4.63. The largest absolute Gasteiger partial charge is 0.330 e. The van der Waals surface area contributed by atoms with Crippen LogP contribution >= 0.6 is 0 Å². The molecule has 4 nitrogen and oxygen atoms in total. The van der Waals surface area contributed by atoms with Crippen LogP contribution in [-0.4, -0.2) is 50.5 Å². The summed E-state index contributed by atoms with van der Waals surface area (Å²) in [5.41, 5.74) is 5.67. The summed E-state index contributed by atoms with van der Waals surface area (Å²) in [5.74, 6) is 0.570. The van der Waals surface area contributed by atoms with Crippen LogP contribution in [0.1, 0.15) is 25.7 Å². The van der Waals surface area contributed by atoms with Gasteiger partial charge in [0.2, 0.25) is 0 Å². The molecule has 5 heteroatoms. The molecule has 1 heterocycles. The molecule has 0 radical (unpaired) electrons. The normalized spacial score (nSPS) is 37.0. The van der Waals surface area contributed by atoms with Gasteiger partial charge in [-0.25, -0.2) is 8.42 Å². The number of rotatable bonds is 3. The van der Waals surface area contributed by atoms with Crippen molar-refractivity contribution < 1.29 is 8.42 Å². The van der Waals surface area contributed by atoms with Gasteiger partial charge in [0.25, 0.3) is 0 Å². The Balaban J connectivity index is 2.04. The van der Waals surface area contributed by atoms with E-state index in [4.69, 9.17) is 5.73 Å². The molecule has 2 aliphatic rings. The minimum absolute atomic E-state index is 0.135. The Kier molecular flexibility index (Phi) is 3.56. The van der Waals surface area contributed by atoms with E-state index in [1.165, 1.54) is 6.26 Å². The quantitative estimate of drug-likeness (QED) is 0.774. The molecule has 94 valence electrons. The van der Waals surface area contributed by atoms with Crippen LogP contribution in [0.15, 0.2) is 0 Å². The zero-order chi connectivity index (χ0) is 11.8. The van der Waals surface area contributed by atoms with Crippen molar-refractivity contribution in [3.8, 4) is 0 Å². The monoisotopic (exact) mass is 246 g/mol. The van der Waals surface area contributed by atoms with E-state index in [0.29, 0.717) is 5.92 Å². The first-order valence-corrected chi connectivity index (χ1v) is 8.11. The van der Waals surface area contributed by atoms with E-state index in [9.17, 15) is 8.42 Å². The zero-order valence-corrected chi connectivity index (χ0v) is 10.7. The molecule has 1 saturated carbocycles. The van der Waals surface area contributed by atoms with Crippen LogP contribution in [0, 0.1) is 5.92 Å². The summed E-state index contributed by atoms with van der Waals surface area (Å²) in [6, 6.07) is 0.256. The van der Waals surface area contributed by atoms with Crippen LogP contribution in [0.5, 0.6) is 0 Å². The fourth-order valence-corrected chi connectivity index (χ4v) is 4.65. The fraction of sp³-hybridized carbons (Fsp3) is 1.00. The van der Waals surface area contributed by atoms with Crippen molar-refractivity contribution in [3.63, 3.8) is 0 Å². The van der Waals surface area contributed by atoms with Crippen molar-refractivity contribution in [1.82, 2.24) is 4.90 Å². The molecule has 0 spiro atoms. The smallest absolute Gasteiger partial charge is 0.151 e. The average Bonchev–Trinajstić information content (AvgIpc) is 2.84. The highest BCUT2D eigenvalue weighted by atomic mass is 32.2. The lowest BCUT2D eigenvalue weighted by Crippen LogP contribution is -2.42. The van der Waals surface area contributed by atoms with Gasteiger partial charge < -0.3 is 5.73 Å². The molecular weight excluding hydrogens is 224 g/mol. The van der Waals surface area contributed by atoms with Gasteiger partial charge in [-0.05, 0) is 38.3 Å². The van der Waals surface area contributed by atoms with Gasteiger partial charge in [-0.15, -0.1) is 0 Å². The van der Waals surface area contributed by atoms with Gasteiger partial charge in [-0.3, -0.25) is 4.90 Å². The number of hydrogen-bond donors (Lipinski definition) is 1. The summed E-state index contributed by atoms with van der Waals surface area (Å²) in [6.45, 7) is 2.75. The Morgan fingerprint density at radius 3 is 2.62 bits per heavy atom. The van der Waals surface area contributed by atoms with E-state index < -0.39 is 9.84 Å². The lowest BCUT2D eigenvalue weighted by atomic mass is 10.1. The molecule has 2 fully saturated rings. The molecule has 3 atom stereocenters. The topological polar surface area (TPSA) is 63.4 Å². The van der Waals surface area contributed by atoms with Crippen LogP contribution in [0.4, 0.5) is 0 Å². The number of nitrogens with two attached hydrogens (primary N) is 1. The number of sulfone groups is 1. The van der Waals surface area contributed by atoms with Gasteiger partial charge in [-0.2, -0.15) is 0 Å². The molecule has 2 rings (SSSR count). The standard InChI is InChI=1S/C11H22N2O2S/c1-16(14,15)11-4-2-3-10(11)13-6-5-9(7-12)8-13/h9-11H,2-8,12H2,1H3. The summed E-state index contributed by atoms with van der Waals surface area (Å²) in [4.78, 5) is 2.36. The molecule has 0 amide bonds. The minimum atomic E-state index is -2.89. The van der Waals surface area contributed by atoms with E-state index in [-0.39, 0.29) is 11.3 Å². The lowest BCUT2D eigenvalue weighted by molar-refractivity contribution is 0.239. The highest BCUT2D eigenvalue weighted by Crippen LogP contribution is 2.32. The van der Waals surface area contributed by atoms with Crippen molar-refractivity contribution in [1.29, 1.82) is 0 Å². The molecular formula is C11H22N2O2S. The van der Waals surface area contributed by atoms with E-state index in [1.807, 2.05) is 0 Å². The Bertz CT molecular complexity index is 342. The Hall–Kier alpha value is -0.130. The van der Waals surface area contributed by atoms with Crippen LogP contribution in [0.2, 0.25) is 0 Å². The van der Waals surface area contributed by atoms with Gasteiger partial charge in [0.15, 0.2) is 9.84 Å². The van der Waals surface area contributed by atoms with Gasteiger partial charge in [0.1, 0.15) is 0 Å². The highest BCUT2D eigenvalue weighted by molar-refractivity contribution is 7.91. The van der Waals surface area contributed by atoms with Crippen molar-refractivity contribution >= 4 is 9.84 Å². The predicted octanol–water partition coefficient (Wildman–Crippen LogP) is 0.233. The van der Waals surface area contributed by atoms with Crippen molar-refractivity contribution in [2.75, 3.05) is 25.9 Å². The molecule has 0 aromatic rings. The second-order valence-corrected chi connectivity index (χ2v) is 7.52. The van der Waals surface area contributed by atoms with Crippen LogP contribution in [0.3, 0.4) is 0 Å². The minimum Gasteiger partial charge on any atom is -0.330 e. The van der Waals surface area contributed by atoms with Gasteiger partial charge in [0, 0.05) is 18.8 Å². The third-order valence-corrected chi connectivity index (χ3v) is 5.74. The van der Waals surface area contributed by atoms with Gasteiger partial charge >= 0.3 is 0 Å². The first kappa shape index (κ1) is 12.3. The Morgan fingerprint density at radius 2 is 2.06 bits per heavy atom. The van der Waals surface area contributed by atoms with Crippen LogP contribution < -0.4 is 5.73 Å². The molecule has 0 aromatic heterocycles. The second-order valence-electron chi connectivity index (χ2n) is 5.25. The summed E-state index contributed by atoms with van der Waals surface area (Å²) >= 11 is 0. The maximum atomic E-state index is 11.7. The molecule has 2 N–H and O–H groups in total. The lowest BCUT2D eigenvalue weighted by Gasteiger charge is -2.28. The van der Waals surface area contributed by atoms with Crippen LogP contribution in [0.25, 0.3) is 0 Å². The predicted molar refractivity (Wildman–Crippen MR) is 65.0 cm³/mol. The SMILES string of the molecule is CS(=O)(=O)C1CCCC1N1CCC(CN)C1. The van der Waals surface area contributed by atoms with Crippen molar-refractivity contribution in [3.05, 3.63) is 0 Å². The van der Waals surface area contributed by atoms with Gasteiger partial charge in [0.05, 0.1) is 5.25 Å². The first-order valence-electron chi connectivity index (χ1n) is 6.15. The third-order valence-electron chi connectivity index (χ3n) is 4.09. The van der Waals surface area contributed by atoms with E-state index in [1.54, 1.807) is 0 Å². The maximum absolute atomic E-state index is 11.7. The number of likely N-dealkylation sites (tertiary alicyclic amines) is 1. The van der Waals surface area contributed by atoms with Gasteiger partial charge in [-0.1, -0.05) is 6.42 Å². The zero-order valence-electron chi connectivity index (χ0n) is 9.93. The molecule has 16 heavy (non-hydrogen) atoms. The Labute approximate surface area is 98.1 Å². The van der Waals surface area contributed by atoms with E-state index >= 15 is 0 Å². The number of hydrogen-bond acceptors (Lipinski definition) is 4. The van der Waals surface area contributed by atoms with E-state index in [2.05, 4.69) is 4.90 Å². The summed E-state index contributed by atoms with van der Waals surface area (Å²) in [5, 5.41) is -0.135. The molecule has 0 aromatic carbocycles. The molecule has 1 aliphatic carbocycles. The maximum Gasteiger partial charge on any atom is 0.151 e. The average molecular weight is 246 g/mol. The fourth-order valence-electron chi connectivity index (χ4n) is 3.18. The molecule has 3 unspecified atom stereocenters. The summed E-state index contributed by atoms with van der Waals surface area (Å²) in [6.07, 6.45) is 5.43. The summed E-state index contributed by atoms with van der Waals surface area (Å²) in [7, 11) is -2.89. The van der Waals surface area contributed by atoms with Crippen molar-refractivity contribution in [2.45, 2.75) is 37.0 Å². The third kappa shape index (κ3) is 2.41. The molecule has 1 aliphatic heterocycles. The highest BCUT2D eigenvalue weighted by Gasteiger charge is 2.40. The molecule has 0 bridgehead atoms.